The van der Waals surface area contributed by atoms with Gasteiger partial charge in [-0.2, -0.15) is 12.6 Å². The van der Waals surface area contributed by atoms with Crippen LogP contribution < -0.4 is 0 Å². The van der Waals surface area contributed by atoms with E-state index in [1.54, 1.807) is 0 Å². The SMILES string of the molecule is C/C=C/COCCCCS. The highest BCUT2D eigenvalue weighted by Gasteiger charge is 1.84. The maximum absolute atomic E-state index is 5.26. The van der Waals surface area contributed by atoms with Gasteiger partial charge in [0.1, 0.15) is 0 Å². The number of ether oxygens (including phenoxy) is 1. The molecule has 0 rings (SSSR count). The standard InChI is InChI=1S/C8H16OS/c1-2-3-6-9-7-4-5-8-10/h2-3,10H,4-8H2,1H3/b3-2+. The Morgan fingerprint density at radius 2 is 2.20 bits per heavy atom. The average Bonchev–Trinajstić information content (AvgIpc) is 1.97. The molecule has 1 nitrogen and oxygen atoms in total. The third-order valence-corrected chi connectivity index (χ3v) is 1.46. The van der Waals surface area contributed by atoms with Gasteiger partial charge in [0.2, 0.25) is 0 Å². The summed E-state index contributed by atoms with van der Waals surface area (Å²) in [6, 6.07) is 0. The van der Waals surface area contributed by atoms with E-state index < -0.39 is 0 Å². The predicted molar refractivity (Wildman–Crippen MR) is 48.7 cm³/mol. The quantitative estimate of drug-likeness (QED) is 0.356. The second kappa shape index (κ2) is 9.05. The summed E-state index contributed by atoms with van der Waals surface area (Å²) in [5.41, 5.74) is 0. The highest BCUT2D eigenvalue weighted by Crippen LogP contribution is 1.91. The summed E-state index contributed by atoms with van der Waals surface area (Å²) in [6.07, 6.45) is 6.29. The molecule has 0 amide bonds. The lowest BCUT2D eigenvalue weighted by Gasteiger charge is -1.97. The smallest absolute Gasteiger partial charge is 0.0647 e. The monoisotopic (exact) mass is 160 g/mol. The van der Waals surface area contributed by atoms with Crippen LogP contribution in [-0.2, 0) is 4.74 Å². The number of thiol groups is 1. The van der Waals surface area contributed by atoms with Crippen molar-refractivity contribution < 1.29 is 4.74 Å². The number of hydrogen-bond acceptors (Lipinski definition) is 2. The number of hydrogen-bond donors (Lipinski definition) is 1. The molecule has 0 heterocycles. The summed E-state index contributed by atoms with van der Waals surface area (Å²) < 4.78 is 5.26. The van der Waals surface area contributed by atoms with E-state index in [9.17, 15) is 0 Å². The molecule has 0 spiro atoms. The Morgan fingerprint density at radius 1 is 1.40 bits per heavy atom. The van der Waals surface area contributed by atoms with Crippen molar-refractivity contribution in [1.82, 2.24) is 0 Å². The van der Waals surface area contributed by atoms with Gasteiger partial charge in [0.05, 0.1) is 6.61 Å². The molecule has 0 N–H and O–H groups in total. The van der Waals surface area contributed by atoms with Gasteiger partial charge in [0.25, 0.3) is 0 Å². The Morgan fingerprint density at radius 3 is 2.80 bits per heavy atom. The summed E-state index contributed by atoms with van der Waals surface area (Å²) in [7, 11) is 0. The van der Waals surface area contributed by atoms with Crippen molar-refractivity contribution in [3.63, 3.8) is 0 Å². The van der Waals surface area contributed by atoms with E-state index in [1.165, 1.54) is 0 Å². The average molecular weight is 160 g/mol. The van der Waals surface area contributed by atoms with E-state index in [2.05, 4.69) is 12.6 Å². The Bertz CT molecular complexity index is 81.3. The van der Waals surface area contributed by atoms with E-state index in [0.717, 1.165) is 31.8 Å². The van der Waals surface area contributed by atoms with Gasteiger partial charge in [0.15, 0.2) is 0 Å². The van der Waals surface area contributed by atoms with E-state index >= 15 is 0 Å². The molecular formula is C8H16OS. The summed E-state index contributed by atoms with van der Waals surface area (Å²) in [4.78, 5) is 0. The van der Waals surface area contributed by atoms with Crippen molar-refractivity contribution in [3.05, 3.63) is 12.2 Å². The molecule has 0 fully saturated rings. The first-order valence-electron chi connectivity index (χ1n) is 3.71. The second-order valence-corrected chi connectivity index (χ2v) is 2.52. The minimum Gasteiger partial charge on any atom is -0.377 e. The van der Waals surface area contributed by atoms with Gasteiger partial charge in [0, 0.05) is 6.61 Å². The fourth-order valence-corrected chi connectivity index (χ4v) is 0.787. The summed E-state index contributed by atoms with van der Waals surface area (Å²) in [5, 5.41) is 0. The van der Waals surface area contributed by atoms with Crippen LogP contribution in [0.3, 0.4) is 0 Å². The molecule has 0 aliphatic rings. The highest BCUT2D eigenvalue weighted by atomic mass is 32.1. The van der Waals surface area contributed by atoms with E-state index in [-0.39, 0.29) is 0 Å². The van der Waals surface area contributed by atoms with Crippen LogP contribution in [0.1, 0.15) is 19.8 Å². The largest absolute Gasteiger partial charge is 0.377 e. The fraction of sp³-hybridized carbons (Fsp3) is 0.750. The van der Waals surface area contributed by atoms with Crippen LogP contribution in [0.5, 0.6) is 0 Å². The van der Waals surface area contributed by atoms with Gasteiger partial charge in [-0.05, 0) is 25.5 Å². The predicted octanol–water partition coefficient (Wildman–Crippen LogP) is 2.29. The lowest BCUT2D eigenvalue weighted by atomic mass is 10.4. The van der Waals surface area contributed by atoms with Crippen LogP contribution in [0.4, 0.5) is 0 Å². The van der Waals surface area contributed by atoms with Crippen LogP contribution in [0.2, 0.25) is 0 Å². The number of unbranched alkanes of at least 4 members (excludes halogenated alkanes) is 1. The highest BCUT2D eigenvalue weighted by molar-refractivity contribution is 7.80. The summed E-state index contributed by atoms with van der Waals surface area (Å²) in [6.45, 7) is 3.62. The molecule has 0 aromatic rings. The molecule has 0 aromatic heterocycles. The molecular weight excluding hydrogens is 144 g/mol. The van der Waals surface area contributed by atoms with Crippen molar-refractivity contribution >= 4 is 12.6 Å². The van der Waals surface area contributed by atoms with Crippen molar-refractivity contribution in [3.8, 4) is 0 Å². The van der Waals surface area contributed by atoms with Crippen LogP contribution in [0, 0.1) is 0 Å². The maximum Gasteiger partial charge on any atom is 0.0647 e. The summed E-state index contributed by atoms with van der Waals surface area (Å²) in [5.74, 6) is 0.965. The van der Waals surface area contributed by atoms with Crippen molar-refractivity contribution in [2.45, 2.75) is 19.8 Å². The van der Waals surface area contributed by atoms with Gasteiger partial charge in [-0.3, -0.25) is 0 Å². The lowest BCUT2D eigenvalue weighted by molar-refractivity contribution is 0.159. The van der Waals surface area contributed by atoms with Crippen molar-refractivity contribution in [2.24, 2.45) is 0 Å². The molecule has 0 bridgehead atoms. The zero-order valence-corrected chi connectivity index (χ0v) is 7.44. The molecule has 0 saturated heterocycles. The van der Waals surface area contributed by atoms with Crippen LogP contribution in [0.15, 0.2) is 12.2 Å². The lowest BCUT2D eigenvalue weighted by Crippen LogP contribution is -1.94. The molecule has 0 unspecified atom stereocenters. The third-order valence-electron chi connectivity index (χ3n) is 1.15. The molecule has 0 aromatic carbocycles. The van der Waals surface area contributed by atoms with E-state index in [1.807, 2.05) is 19.1 Å². The van der Waals surface area contributed by atoms with Crippen LogP contribution in [-0.4, -0.2) is 19.0 Å². The zero-order chi connectivity index (χ0) is 7.66. The zero-order valence-electron chi connectivity index (χ0n) is 6.55. The topological polar surface area (TPSA) is 9.23 Å². The normalized spacial score (nSPS) is 11.0. The minimum absolute atomic E-state index is 0.753. The van der Waals surface area contributed by atoms with Gasteiger partial charge in [-0.1, -0.05) is 12.2 Å². The van der Waals surface area contributed by atoms with Crippen molar-refractivity contribution in [2.75, 3.05) is 19.0 Å². The molecule has 0 saturated carbocycles. The Kier molecular flexibility index (Phi) is 9.10. The number of rotatable bonds is 6. The molecule has 0 radical (unpaired) electrons. The molecule has 0 aliphatic carbocycles. The Balaban J connectivity index is 2.77. The first-order valence-corrected chi connectivity index (χ1v) is 4.34. The van der Waals surface area contributed by atoms with Gasteiger partial charge in [-0.25, -0.2) is 0 Å². The van der Waals surface area contributed by atoms with Crippen LogP contribution >= 0.6 is 12.6 Å². The molecule has 0 aliphatic heterocycles. The Labute approximate surface area is 68.9 Å². The van der Waals surface area contributed by atoms with Crippen molar-refractivity contribution in [1.29, 1.82) is 0 Å². The second-order valence-electron chi connectivity index (χ2n) is 2.07. The Hall–Kier alpha value is 0.0500. The van der Waals surface area contributed by atoms with E-state index in [0.29, 0.717) is 0 Å². The minimum atomic E-state index is 0.753. The molecule has 10 heavy (non-hydrogen) atoms. The maximum atomic E-state index is 5.26. The number of allylic oxidation sites excluding steroid dienone is 1. The summed E-state index contributed by atoms with van der Waals surface area (Å²) >= 11 is 4.09. The fourth-order valence-electron chi connectivity index (χ4n) is 0.564. The van der Waals surface area contributed by atoms with Gasteiger partial charge < -0.3 is 4.74 Å². The molecule has 60 valence electrons. The third kappa shape index (κ3) is 8.05. The first kappa shape index (κ1) is 10.0. The van der Waals surface area contributed by atoms with Gasteiger partial charge >= 0.3 is 0 Å². The molecule has 2 heteroatoms. The van der Waals surface area contributed by atoms with E-state index in [4.69, 9.17) is 4.74 Å². The molecule has 0 atom stereocenters. The van der Waals surface area contributed by atoms with Crippen LogP contribution in [0.25, 0.3) is 0 Å². The van der Waals surface area contributed by atoms with Gasteiger partial charge in [-0.15, -0.1) is 0 Å². The first-order chi connectivity index (χ1) is 4.91.